The molecule has 0 radical (unpaired) electrons. The van der Waals surface area contributed by atoms with Crippen molar-refractivity contribution >= 4 is 17.5 Å². The van der Waals surface area contributed by atoms with E-state index >= 15 is 0 Å². The molecular weight excluding hydrogens is 335 g/mol. The molecule has 25 heavy (non-hydrogen) atoms. The van der Waals surface area contributed by atoms with E-state index in [-0.39, 0.29) is 17.2 Å². The van der Waals surface area contributed by atoms with Crippen LogP contribution in [0.3, 0.4) is 0 Å². The van der Waals surface area contributed by atoms with Crippen LogP contribution in [0, 0.1) is 23.4 Å². The minimum Gasteiger partial charge on any atom is -0.350 e. The predicted octanol–water partition coefficient (Wildman–Crippen LogP) is 3.14. The maximum Gasteiger partial charge on any atom is 0.269 e. The third-order valence-electron chi connectivity index (χ3n) is 3.21. The van der Waals surface area contributed by atoms with Gasteiger partial charge in [-0.15, -0.1) is 0 Å². The molecule has 0 bridgehead atoms. The number of aromatic nitrogens is 1. The summed E-state index contributed by atoms with van der Waals surface area (Å²) in [5.41, 5.74) is -0.473. The number of carbonyl (C=O) groups is 2. The van der Waals surface area contributed by atoms with Crippen molar-refractivity contribution in [2.24, 2.45) is 5.92 Å². The van der Waals surface area contributed by atoms with E-state index in [1.165, 1.54) is 18.3 Å². The molecule has 2 N–H and O–H groups in total. The third-order valence-corrected chi connectivity index (χ3v) is 3.21. The number of rotatable bonds is 5. The van der Waals surface area contributed by atoms with E-state index in [0.29, 0.717) is 12.6 Å². The summed E-state index contributed by atoms with van der Waals surface area (Å²) in [4.78, 5) is 28.0. The third kappa shape index (κ3) is 4.56. The first-order chi connectivity index (χ1) is 11.8. The average Bonchev–Trinajstić information content (AvgIpc) is 2.60. The molecule has 0 aliphatic carbocycles. The fraction of sp³-hybridized carbons (Fsp3) is 0.235. The topological polar surface area (TPSA) is 71.1 Å². The Bertz CT molecular complexity index is 810. The van der Waals surface area contributed by atoms with E-state index in [1.807, 2.05) is 13.8 Å². The molecule has 1 aromatic heterocycles. The summed E-state index contributed by atoms with van der Waals surface area (Å²) in [7, 11) is 0. The van der Waals surface area contributed by atoms with E-state index in [4.69, 9.17) is 0 Å². The summed E-state index contributed by atoms with van der Waals surface area (Å²) in [6.07, 6.45) is 1.25. The number of hydrogen-bond donors (Lipinski definition) is 2. The first kappa shape index (κ1) is 18.4. The summed E-state index contributed by atoms with van der Waals surface area (Å²) in [6.45, 7) is 4.29. The van der Waals surface area contributed by atoms with Gasteiger partial charge < -0.3 is 10.6 Å². The number of benzene rings is 1. The Morgan fingerprint density at radius 3 is 2.48 bits per heavy atom. The SMILES string of the molecule is CC(C)CNC(=O)c1cc(C(=O)Nc2ccc(F)c(F)c2F)ccn1. The predicted molar refractivity (Wildman–Crippen MR) is 85.7 cm³/mol. The van der Waals surface area contributed by atoms with Gasteiger partial charge in [0.1, 0.15) is 5.69 Å². The van der Waals surface area contributed by atoms with Crippen LogP contribution in [0.2, 0.25) is 0 Å². The number of pyridine rings is 1. The van der Waals surface area contributed by atoms with Gasteiger partial charge in [-0.3, -0.25) is 14.6 Å². The summed E-state index contributed by atoms with van der Waals surface area (Å²) >= 11 is 0. The van der Waals surface area contributed by atoms with Crippen molar-refractivity contribution in [3.8, 4) is 0 Å². The van der Waals surface area contributed by atoms with Crippen LogP contribution in [0.25, 0.3) is 0 Å². The standard InChI is InChI=1S/C17H16F3N3O2/c1-9(2)8-22-17(25)13-7-10(5-6-21-13)16(24)23-12-4-3-11(18)14(19)15(12)20/h3-7,9H,8H2,1-2H3,(H,22,25)(H,23,24). The summed E-state index contributed by atoms with van der Waals surface area (Å²) in [5, 5.41) is 4.78. The molecule has 1 aromatic carbocycles. The number of hydrogen-bond acceptors (Lipinski definition) is 3. The van der Waals surface area contributed by atoms with Crippen molar-refractivity contribution in [3.63, 3.8) is 0 Å². The van der Waals surface area contributed by atoms with Gasteiger partial charge in [-0.1, -0.05) is 13.8 Å². The smallest absolute Gasteiger partial charge is 0.269 e. The zero-order valence-electron chi connectivity index (χ0n) is 13.6. The van der Waals surface area contributed by atoms with Crippen LogP contribution in [0.4, 0.5) is 18.9 Å². The van der Waals surface area contributed by atoms with Gasteiger partial charge in [-0.2, -0.15) is 0 Å². The molecule has 8 heteroatoms. The number of amides is 2. The van der Waals surface area contributed by atoms with Gasteiger partial charge in [0.05, 0.1) is 5.69 Å². The van der Waals surface area contributed by atoms with E-state index < -0.39 is 35.0 Å². The van der Waals surface area contributed by atoms with Crippen LogP contribution in [0.15, 0.2) is 30.5 Å². The highest BCUT2D eigenvalue weighted by molar-refractivity contribution is 6.05. The molecular formula is C17H16F3N3O2. The number of nitrogens with zero attached hydrogens (tertiary/aromatic N) is 1. The van der Waals surface area contributed by atoms with Crippen molar-refractivity contribution in [3.05, 3.63) is 59.2 Å². The molecule has 5 nitrogen and oxygen atoms in total. The van der Waals surface area contributed by atoms with Crippen molar-refractivity contribution < 1.29 is 22.8 Å². The minimum absolute atomic E-state index is 0.0130. The highest BCUT2D eigenvalue weighted by Crippen LogP contribution is 2.20. The van der Waals surface area contributed by atoms with E-state index in [1.54, 1.807) is 0 Å². The summed E-state index contributed by atoms with van der Waals surface area (Å²) in [6, 6.07) is 4.14. The Morgan fingerprint density at radius 1 is 1.08 bits per heavy atom. The largest absolute Gasteiger partial charge is 0.350 e. The first-order valence-electron chi connectivity index (χ1n) is 7.48. The molecule has 0 saturated carbocycles. The maximum absolute atomic E-state index is 13.6. The van der Waals surface area contributed by atoms with Crippen LogP contribution in [-0.4, -0.2) is 23.3 Å². The highest BCUT2D eigenvalue weighted by Gasteiger charge is 2.17. The molecule has 0 unspecified atom stereocenters. The number of anilines is 1. The summed E-state index contributed by atoms with van der Waals surface area (Å²) in [5.74, 6) is -5.54. The Hall–Kier alpha value is -2.90. The zero-order valence-corrected chi connectivity index (χ0v) is 13.6. The lowest BCUT2D eigenvalue weighted by atomic mass is 10.2. The zero-order chi connectivity index (χ0) is 18.6. The lowest BCUT2D eigenvalue weighted by Gasteiger charge is -2.09. The molecule has 2 amide bonds. The molecule has 0 fully saturated rings. The number of halogens is 3. The van der Waals surface area contributed by atoms with Crippen LogP contribution < -0.4 is 10.6 Å². The monoisotopic (exact) mass is 351 g/mol. The minimum atomic E-state index is -1.68. The quantitative estimate of drug-likeness (QED) is 0.813. The Labute approximate surface area is 142 Å². The maximum atomic E-state index is 13.6. The molecule has 0 saturated heterocycles. The number of nitrogens with one attached hydrogen (secondary N) is 2. The second kappa shape index (κ2) is 7.78. The highest BCUT2D eigenvalue weighted by atomic mass is 19.2. The molecule has 2 aromatic rings. The van der Waals surface area contributed by atoms with Crippen molar-refractivity contribution in [1.29, 1.82) is 0 Å². The van der Waals surface area contributed by atoms with Crippen LogP contribution in [0.1, 0.15) is 34.7 Å². The van der Waals surface area contributed by atoms with Gasteiger partial charge in [0.2, 0.25) is 0 Å². The Morgan fingerprint density at radius 2 is 1.80 bits per heavy atom. The van der Waals surface area contributed by atoms with Gasteiger partial charge in [0.25, 0.3) is 11.8 Å². The van der Waals surface area contributed by atoms with Crippen LogP contribution >= 0.6 is 0 Å². The average molecular weight is 351 g/mol. The first-order valence-corrected chi connectivity index (χ1v) is 7.48. The Kier molecular flexibility index (Phi) is 5.74. The van der Waals surface area contributed by atoms with Gasteiger partial charge in [0, 0.05) is 18.3 Å². The summed E-state index contributed by atoms with van der Waals surface area (Å²) < 4.78 is 39.7. The normalized spacial score (nSPS) is 10.6. The van der Waals surface area contributed by atoms with Gasteiger partial charge in [0.15, 0.2) is 17.5 Å². The van der Waals surface area contributed by atoms with Crippen molar-refractivity contribution in [2.75, 3.05) is 11.9 Å². The molecule has 2 rings (SSSR count). The second-order valence-electron chi connectivity index (χ2n) is 5.71. The molecule has 0 aliphatic rings. The fourth-order valence-corrected chi connectivity index (χ4v) is 1.90. The molecule has 1 heterocycles. The van der Waals surface area contributed by atoms with Gasteiger partial charge >= 0.3 is 0 Å². The lowest BCUT2D eigenvalue weighted by Crippen LogP contribution is -2.28. The van der Waals surface area contributed by atoms with Crippen LogP contribution in [0.5, 0.6) is 0 Å². The van der Waals surface area contributed by atoms with Crippen LogP contribution in [-0.2, 0) is 0 Å². The van der Waals surface area contributed by atoms with Gasteiger partial charge in [-0.05, 0) is 30.2 Å². The van der Waals surface area contributed by atoms with Crippen molar-refractivity contribution in [2.45, 2.75) is 13.8 Å². The van der Waals surface area contributed by atoms with E-state index in [0.717, 1.165) is 6.07 Å². The second-order valence-corrected chi connectivity index (χ2v) is 5.71. The van der Waals surface area contributed by atoms with E-state index in [2.05, 4.69) is 15.6 Å². The number of carbonyl (C=O) groups excluding carboxylic acids is 2. The fourth-order valence-electron chi connectivity index (χ4n) is 1.90. The van der Waals surface area contributed by atoms with E-state index in [9.17, 15) is 22.8 Å². The Balaban J connectivity index is 2.16. The van der Waals surface area contributed by atoms with Crippen molar-refractivity contribution in [1.82, 2.24) is 10.3 Å². The molecule has 0 atom stereocenters. The molecule has 132 valence electrons. The molecule has 0 aliphatic heterocycles. The lowest BCUT2D eigenvalue weighted by molar-refractivity contribution is 0.0944. The molecule has 0 spiro atoms. The van der Waals surface area contributed by atoms with Gasteiger partial charge in [-0.25, -0.2) is 13.2 Å².